The van der Waals surface area contributed by atoms with Crippen LogP contribution in [0.4, 0.5) is 10.1 Å². The van der Waals surface area contributed by atoms with Gasteiger partial charge in [-0.3, -0.25) is 0 Å². The molecule has 0 fully saturated rings. The van der Waals surface area contributed by atoms with Crippen molar-refractivity contribution in [1.82, 2.24) is 0 Å². The van der Waals surface area contributed by atoms with Crippen molar-refractivity contribution in [3.05, 3.63) is 29.6 Å². The van der Waals surface area contributed by atoms with Gasteiger partial charge in [0, 0.05) is 24.8 Å². The molecule has 0 aliphatic carbocycles. The van der Waals surface area contributed by atoms with Crippen LogP contribution in [0.25, 0.3) is 0 Å². The Kier molecular flexibility index (Phi) is 3.15. The van der Waals surface area contributed by atoms with E-state index in [1.165, 1.54) is 11.6 Å². The molecule has 2 N–H and O–H groups in total. The highest BCUT2D eigenvalue weighted by atomic mass is 19.1. The molecule has 0 radical (unpaired) electrons. The molecular weight excluding hydrogens is 203 g/mol. The largest absolute Gasteiger partial charge is 0.371 e. The zero-order valence-corrected chi connectivity index (χ0v) is 9.91. The van der Waals surface area contributed by atoms with Crippen LogP contribution in [-0.4, -0.2) is 19.1 Å². The summed E-state index contributed by atoms with van der Waals surface area (Å²) in [5.74, 6) is 0.272. The van der Waals surface area contributed by atoms with E-state index in [9.17, 15) is 4.39 Å². The lowest BCUT2D eigenvalue weighted by atomic mass is 10.0. The normalized spacial score (nSPS) is 18.4. The van der Waals surface area contributed by atoms with E-state index in [0.29, 0.717) is 5.92 Å². The van der Waals surface area contributed by atoms with Gasteiger partial charge in [0.05, 0.1) is 0 Å². The van der Waals surface area contributed by atoms with Gasteiger partial charge in [-0.25, -0.2) is 4.39 Å². The second kappa shape index (κ2) is 4.42. The van der Waals surface area contributed by atoms with Crippen molar-refractivity contribution < 1.29 is 4.39 Å². The minimum atomic E-state index is -0.154. The van der Waals surface area contributed by atoms with Gasteiger partial charge in [-0.05, 0) is 37.0 Å². The quantitative estimate of drug-likeness (QED) is 0.849. The molecule has 0 bridgehead atoms. The number of nitrogens with zero attached hydrogens (tertiary/aromatic N) is 1. The molecule has 0 spiro atoms. The maximum atomic E-state index is 13.2. The van der Waals surface area contributed by atoms with Crippen LogP contribution < -0.4 is 10.6 Å². The highest BCUT2D eigenvalue weighted by molar-refractivity contribution is 5.58. The lowest BCUT2D eigenvalue weighted by Gasteiger charge is -2.25. The van der Waals surface area contributed by atoms with Crippen LogP contribution in [0.5, 0.6) is 0 Å². The maximum Gasteiger partial charge on any atom is 0.125 e. The van der Waals surface area contributed by atoms with E-state index in [2.05, 4.69) is 11.8 Å². The summed E-state index contributed by atoms with van der Waals surface area (Å²) in [5.41, 5.74) is 8.16. The molecule has 1 aromatic rings. The number of fused-ring (bicyclic) bond motifs is 1. The fourth-order valence-electron chi connectivity index (χ4n) is 2.12. The molecule has 2 nitrogen and oxygen atoms in total. The third kappa shape index (κ3) is 2.19. The molecule has 2 atom stereocenters. The first-order chi connectivity index (χ1) is 7.58. The van der Waals surface area contributed by atoms with Gasteiger partial charge in [-0.1, -0.05) is 13.0 Å². The van der Waals surface area contributed by atoms with Crippen LogP contribution in [0.1, 0.15) is 19.4 Å². The lowest BCUT2D eigenvalue weighted by Crippen LogP contribution is -2.35. The summed E-state index contributed by atoms with van der Waals surface area (Å²) >= 11 is 0. The van der Waals surface area contributed by atoms with Crippen LogP contribution in [0.3, 0.4) is 0 Å². The molecule has 16 heavy (non-hydrogen) atoms. The van der Waals surface area contributed by atoms with Crippen molar-refractivity contribution in [1.29, 1.82) is 0 Å². The van der Waals surface area contributed by atoms with Crippen molar-refractivity contribution in [2.24, 2.45) is 11.7 Å². The summed E-state index contributed by atoms with van der Waals surface area (Å²) in [6, 6.07) is 5.24. The van der Waals surface area contributed by atoms with Gasteiger partial charge in [0.15, 0.2) is 0 Å². The lowest BCUT2D eigenvalue weighted by molar-refractivity contribution is 0.479. The van der Waals surface area contributed by atoms with Gasteiger partial charge in [-0.15, -0.1) is 0 Å². The Labute approximate surface area is 96.2 Å². The van der Waals surface area contributed by atoms with E-state index in [0.717, 1.165) is 25.2 Å². The van der Waals surface area contributed by atoms with Crippen LogP contribution in [0.2, 0.25) is 0 Å². The topological polar surface area (TPSA) is 29.3 Å². The average Bonchev–Trinajstić information content (AvgIpc) is 2.61. The van der Waals surface area contributed by atoms with Gasteiger partial charge in [0.2, 0.25) is 0 Å². The molecule has 3 heteroatoms. The van der Waals surface area contributed by atoms with Gasteiger partial charge in [0.25, 0.3) is 0 Å². The minimum Gasteiger partial charge on any atom is -0.371 e. The molecule has 88 valence electrons. The smallest absolute Gasteiger partial charge is 0.125 e. The monoisotopic (exact) mass is 222 g/mol. The van der Waals surface area contributed by atoms with Crippen LogP contribution in [0.15, 0.2) is 18.2 Å². The van der Waals surface area contributed by atoms with E-state index in [1.807, 2.05) is 13.0 Å². The molecule has 2 rings (SSSR count). The number of halogens is 1. The SMILES string of the molecule is CC(N)C(C)CN1CCc2ccc(F)cc21. The van der Waals surface area contributed by atoms with E-state index in [4.69, 9.17) is 5.73 Å². The molecular formula is C13H19FN2. The summed E-state index contributed by atoms with van der Waals surface area (Å²) in [7, 11) is 0. The predicted octanol–water partition coefficient (Wildman–Crippen LogP) is 2.17. The number of anilines is 1. The first-order valence-electron chi connectivity index (χ1n) is 5.87. The Bertz CT molecular complexity index is 376. The molecule has 0 saturated heterocycles. The summed E-state index contributed by atoms with van der Waals surface area (Å²) in [5, 5.41) is 0. The highest BCUT2D eigenvalue weighted by Crippen LogP contribution is 2.29. The predicted molar refractivity (Wildman–Crippen MR) is 65.1 cm³/mol. The van der Waals surface area contributed by atoms with Crippen LogP contribution >= 0.6 is 0 Å². The number of hydrogen-bond donors (Lipinski definition) is 1. The van der Waals surface area contributed by atoms with Crippen molar-refractivity contribution in [2.75, 3.05) is 18.0 Å². The Morgan fingerprint density at radius 1 is 1.44 bits per heavy atom. The van der Waals surface area contributed by atoms with Crippen molar-refractivity contribution in [3.63, 3.8) is 0 Å². The first kappa shape index (κ1) is 11.4. The van der Waals surface area contributed by atoms with E-state index < -0.39 is 0 Å². The minimum absolute atomic E-state index is 0.154. The Morgan fingerprint density at radius 3 is 2.88 bits per heavy atom. The number of benzene rings is 1. The van der Waals surface area contributed by atoms with E-state index >= 15 is 0 Å². The fourth-order valence-corrected chi connectivity index (χ4v) is 2.12. The summed E-state index contributed by atoms with van der Waals surface area (Å²) in [4.78, 5) is 2.24. The van der Waals surface area contributed by atoms with Crippen molar-refractivity contribution in [2.45, 2.75) is 26.3 Å². The van der Waals surface area contributed by atoms with Gasteiger partial charge < -0.3 is 10.6 Å². The zero-order valence-electron chi connectivity index (χ0n) is 9.91. The van der Waals surface area contributed by atoms with Gasteiger partial charge in [0.1, 0.15) is 5.82 Å². The molecule has 1 heterocycles. The summed E-state index contributed by atoms with van der Waals surface area (Å²) in [6.07, 6.45) is 1.02. The van der Waals surface area contributed by atoms with Crippen LogP contribution in [0, 0.1) is 11.7 Å². The Morgan fingerprint density at radius 2 is 2.19 bits per heavy atom. The molecule has 0 saturated carbocycles. The number of hydrogen-bond acceptors (Lipinski definition) is 2. The highest BCUT2D eigenvalue weighted by Gasteiger charge is 2.22. The second-order valence-corrected chi connectivity index (χ2v) is 4.81. The second-order valence-electron chi connectivity index (χ2n) is 4.81. The maximum absolute atomic E-state index is 13.2. The third-order valence-corrected chi connectivity index (χ3v) is 3.45. The summed E-state index contributed by atoms with van der Waals surface area (Å²) in [6.45, 7) is 6.05. The molecule has 2 unspecified atom stereocenters. The third-order valence-electron chi connectivity index (χ3n) is 3.45. The first-order valence-corrected chi connectivity index (χ1v) is 5.87. The Hall–Kier alpha value is -1.09. The van der Waals surface area contributed by atoms with Gasteiger partial charge in [-0.2, -0.15) is 0 Å². The number of rotatable bonds is 3. The fraction of sp³-hybridized carbons (Fsp3) is 0.538. The molecule has 0 amide bonds. The zero-order chi connectivity index (χ0) is 11.7. The van der Waals surface area contributed by atoms with Crippen LogP contribution in [-0.2, 0) is 6.42 Å². The van der Waals surface area contributed by atoms with Gasteiger partial charge >= 0.3 is 0 Å². The average molecular weight is 222 g/mol. The molecule has 0 aromatic heterocycles. The van der Waals surface area contributed by atoms with E-state index in [1.54, 1.807) is 6.07 Å². The molecule has 1 aliphatic rings. The molecule has 1 aliphatic heterocycles. The summed E-state index contributed by atoms with van der Waals surface area (Å²) < 4.78 is 13.2. The van der Waals surface area contributed by atoms with Crippen molar-refractivity contribution in [3.8, 4) is 0 Å². The Balaban J connectivity index is 2.14. The molecule has 1 aromatic carbocycles. The standard InChI is InChI=1S/C13H19FN2/c1-9(10(2)15)8-16-6-5-11-3-4-12(14)7-13(11)16/h3-4,7,9-10H,5-6,8,15H2,1-2H3. The van der Waals surface area contributed by atoms with Crippen molar-refractivity contribution >= 4 is 5.69 Å². The number of nitrogens with two attached hydrogens (primary N) is 1. The van der Waals surface area contributed by atoms with E-state index in [-0.39, 0.29) is 11.9 Å².